The molecule has 31 heavy (non-hydrogen) atoms. The second-order valence-corrected chi connectivity index (χ2v) is 10.1. The van der Waals surface area contributed by atoms with Gasteiger partial charge in [0.05, 0.1) is 19.1 Å². The smallest absolute Gasteiger partial charge is 0.279 e. The van der Waals surface area contributed by atoms with Crippen molar-refractivity contribution in [2.24, 2.45) is 12.0 Å². The topological polar surface area (TPSA) is 90.2 Å². The fourth-order valence-corrected chi connectivity index (χ4v) is 6.27. The van der Waals surface area contributed by atoms with Crippen molar-refractivity contribution >= 4 is 37.5 Å². The van der Waals surface area contributed by atoms with E-state index in [-0.39, 0.29) is 4.90 Å². The number of benzene rings is 2. The predicted molar refractivity (Wildman–Crippen MR) is 118 cm³/mol. The molecule has 164 valence electrons. The highest BCUT2D eigenvalue weighted by Gasteiger charge is 2.27. The number of hydrogen-bond acceptors (Lipinski definition) is 6. The standard InChI is InChI=1S/C21H23N3O5S2/c1-23-18-16(28-2)10-11-17(29-3)19(18)30-21(23)22-20(25)14-6-8-15(9-7-14)31(26,27)24-12-4-5-13-24/h6-11H,4-5,12-13H2,1-3H3. The van der Waals surface area contributed by atoms with Gasteiger partial charge in [-0.1, -0.05) is 11.3 Å². The van der Waals surface area contributed by atoms with Gasteiger partial charge in [-0.25, -0.2) is 8.42 Å². The Hall–Kier alpha value is -2.69. The van der Waals surface area contributed by atoms with Crippen molar-refractivity contribution in [2.75, 3.05) is 27.3 Å². The minimum absolute atomic E-state index is 0.188. The molecular weight excluding hydrogens is 438 g/mol. The van der Waals surface area contributed by atoms with Crippen LogP contribution in [0.4, 0.5) is 0 Å². The molecule has 3 aromatic rings. The van der Waals surface area contributed by atoms with Gasteiger partial charge >= 0.3 is 0 Å². The number of ether oxygens (including phenoxy) is 2. The van der Waals surface area contributed by atoms with E-state index in [0.717, 1.165) is 23.1 Å². The number of hydrogen-bond donors (Lipinski definition) is 0. The number of amides is 1. The van der Waals surface area contributed by atoms with Crippen molar-refractivity contribution < 1.29 is 22.7 Å². The highest BCUT2D eigenvalue weighted by Crippen LogP contribution is 2.34. The number of methoxy groups -OCH3 is 2. The molecule has 0 atom stereocenters. The number of carbonyl (C=O) groups is 1. The zero-order chi connectivity index (χ0) is 22.2. The largest absolute Gasteiger partial charge is 0.495 e. The summed E-state index contributed by atoms with van der Waals surface area (Å²) >= 11 is 1.32. The highest BCUT2D eigenvalue weighted by molar-refractivity contribution is 7.89. The lowest BCUT2D eigenvalue weighted by molar-refractivity contribution is 0.0998. The second-order valence-electron chi connectivity index (χ2n) is 7.14. The van der Waals surface area contributed by atoms with Gasteiger partial charge in [-0.05, 0) is 49.2 Å². The number of sulfonamides is 1. The fourth-order valence-electron chi connectivity index (χ4n) is 3.63. The molecule has 0 saturated carbocycles. The van der Waals surface area contributed by atoms with Crippen LogP contribution in [-0.4, -0.2) is 50.5 Å². The van der Waals surface area contributed by atoms with Crippen molar-refractivity contribution in [1.82, 2.24) is 8.87 Å². The van der Waals surface area contributed by atoms with Gasteiger partial charge in [0.25, 0.3) is 5.91 Å². The Bertz CT molecular complexity index is 1300. The Labute approximate surface area is 184 Å². The summed E-state index contributed by atoms with van der Waals surface area (Å²) in [6, 6.07) is 9.55. The van der Waals surface area contributed by atoms with Gasteiger partial charge in [0.15, 0.2) is 4.80 Å². The molecule has 2 aromatic carbocycles. The van der Waals surface area contributed by atoms with Crippen LogP contribution < -0.4 is 14.3 Å². The third-order valence-electron chi connectivity index (χ3n) is 5.32. The number of aryl methyl sites for hydroxylation is 1. The molecule has 1 amide bonds. The third kappa shape index (κ3) is 3.86. The Kier molecular flexibility index (Phi) is 5.87. The minimum Gasteiger partial charge on any atom is -0.495 e. The summed E-state index contributed by atoms with van der Waals surface area (Å²) < 4.78 is 40.3. The summed E-state index contributed by atoms with van der Waals surface area (Å²) in [7, 11) is 1.45. The maximum atomic E-state index is 12.8. The lowest BCUT2D eigenvalue weighted by atomic mass is 10.2. The van der Waals surface area contributed by atoms with Crippen LogP contribution in [0.25, 0.3) is 10.2 Å². The first-order valence-corrected chi connectivity index (χ1v) is 12.0. The summed E-state index contributed by atoms with van der Waals surface area (Å²) in [6.07, 6.45) is 1.74. The van der Waals surface area contributed by atoms with Gasteiger partial charge in [0.2, 0.25) is 10.0 Å². The van der Waals surface area contributed by atoms with Gasteiger partial charge < -0.3 is 14.0 Å². The van der Waals surface area contributed by atoms with Gasteiger partial charge in [0.1, 0.15) is 21.7 Å². The molecule has 1 saturated heterocycles. The predicted octanol–water partition coefficient (Wildman–Crippen LogP) is 2.78. The van der Waals surface area contributed by atoms with Crippen molar-refractivity contribution in [3.63, 3.8) is 0 Å². The van der Waals surface area contributed by atoms with E-state index in [1.165, 1.54) is 39.9 Å². The number of aromatic nitrogens is 1. The van der Waals surface area contributed by atoms with Gasteiger partial charge in [0, 0.05) is 25.7 Å². The molecule has 10 heteroatoms. The molecule has 0 bridgehead atoms. The summed E-state index contributed by atoms with van der Waals surface area (Å²) in [5, 5.41) is 0. The average Bonchev–Trinajstić information content (AvgIpc) is 3.43. The second kappa shape index (κ2) is 8.45. The Balaban J connectivity index is 1.69. The van der Waals surface area contributed by atoms with Gasteiger partial charge in [-0.2, -0.15) is 9.30 Å². The summed E-state index contributed by atoms with van der Waals surface area (Å²) in [5.74, 6) is 0.868. The quantitative estimate of drug-likeness (QED) is 0.583. The number of thiazole rings is 1. The maximum Gasteiger partial charge on any atom is 0.279 e. The molecule has 0 spiro atoms. The van der Waals surface area contributed by atoms with Gasteiger partial charge in [-0.15, -0.1) is 0 Å². The van der Waals surface area contributed by atoms with Crippen molar-refractivity contribution in [1.29, 1.82) is 0 Å². The monoisotopic (exact) mass is 461 g/mol. The molecule has 0 aliphatic carbocycles. The average molecular weight is 462 g/mol. The molecule has 0 radical (unpaired) electrons. The first-order chi connectivity index (χ1) is 14.9. The van der Waals surface area contributed by atoms with Crippen LogP contribution in [0.1, 0.15) is 23.2 Å². The lowest BCUT2D eigenvalue weighted by Crippen LogP contribution is -2.27. The van der Waals surface area contributed by atoms with E-state index in [9.17, 15) is 13.2 Å². The summed E-state index contributed by atoms with van der Waals surface area (Å²) in [5.41, 5.74) is 1.10. The van der Waals surface area contributed by atoms with Crippen LogP contribution in [0, 0.1) is 0 Å². The van der Waals surface area contributed by atoms with Crippen LogP contribution in [0.5, 0.6) is 11.5 Å². The molecule has 1 aliphatic heterocycles. The number of nitrogens with zero attached hydrogens (tertiary/aromatic N) is 3. The molecule has 1 aromatic heterocycles. The van der Waals surface area contributed by atoms with Crippen LogP contribution in [0.15, 0.2) is 46.3 Å². The van der Waals surface area contributed by atoms with E-state index in [2.05, 4.69) is 4.99 Å². The molecule has 2 heterocycles. The number of carbonyl (C=O) groups excluding carboxylic acids is 1. The summed E-state index contributed by atoms with van der Waals surface area (Å²) in [4.78, 5) is 17.7. The molecule has 1 aliphatic rings. The fraction of sp³-hybridized carbons (Fsp3) is 0.333. The van der Waals surface area contributed by atoms with E-state index < -0.39 is 15.9 Å². The Morgan fingerprint density at radius 1 is 1.00 bits per heavy atom. The SMILES string of the molecule is COc1ccc(OC)c2c1sc(=NC(=O)c1ccc(S(=O)(=O)N3CCCC3)cc1)n2C. The van der Waals surface area contributed by atoms with Crippen molar-refractivity contribution in [2.45, 2.75) is 17.7 Å². The number of fused-ring (bicyclic) bond motifs is 1. The van der Waals surface area contributed by atoms with Gasteiger partial charge in [-0.3, -0.25) is 4.79 Å². The third-order valence-corrected chi connectivity index (χ3v) is 8.37. The first-order valence-electron chi connectivity index (χ1n) is 9.76. The van der Waals surface area contributed by atoms with E-state index >= 15 is 0 Å². The van der Waals surface area contributed by atoms with E-state index in [0.29, 0.717) is 35.0 Å². The zero-order valence-electron chi connectivity index (χ0n) is 17.5. The molecule has 1 fully saturated rings. The first kappa shape index (κ1) is 21.5. The van der Waals surface area contributed by atoms with Crippen LogP contribution >= 0.6 is 11.3 Å². The molecule has 8 nitrogen and oxygen atoms in total. The zero-order valence-corrected chi connectivity index (χ0v) is 19.1. The molecule has 0 N–H and O–H groups in total. The van der Waals surface area contributed by atoms with E-state index in [1.807, 2.05) is 6.07 Å². The van der Waals surface area contributed by atoms with Crippen LogP contribution in [-0.2, 0) is 17.1 Å². The van der Waals surface area contributed by atoms with Crippen LogP contribution in [0.3, 0.4) is 0 Å². The number of rotatable bonds is 5. The maximum absolute atomic E-state index is 12.8. The normalized spacial score (nSPS) is 15.5. The van der Waals surface area contributed by atoms with Crippen LogP contribution in [0.2, 0.25) is 0 Å². The van der Waals surface area contributed by atoms with Crippen molar-refractivity contribution in [3.8, 4) is 11.5 Å². The molecule has 4 rings (SSSR count). The summed E-state index contributed by atoms with van der Waals surface area (Å²) in [6.45, 7) is 1.07. The van der Waals surface area contributed by atoms with E-state index in [1.54, 1.807) is 31.9 Å². The molecular formula is C21H23N3O5S2. The lowest BCUT2D eigenvalue weighted by Gasteiger charge is -2.15. The Morgan fingerprint density at radius 2 is 1.61 bits per heavy atom. The Morgan fingerprint density at radius 3 is 2.23 bits per heavy atom. The van der Waals surface area contributed by atoms with Crippen molar-refractivity contribution in [3.05, 3.63) is 46.8 Å². The molecule has 0 unspecified atom stereocenters. The highest BCUT2D eigenvalue weighted by atomic mass is 32.2. The van der Waals surface area contributed by atoms with E-state index in [4.69, 9.17) is 9.47 Å². The minimum atomic E-state index is -3.52.